The Bertz CT molecular complexity index is 381. The van der Waals surface area contributed by atoms with Crippen molar-refractivity contribution in [2.75, 3.05) is 6.54 Å². The van der Waals surface area contributed by atoms with E-state index < -0.39 is 0 Å². The molecule has 2 atom stereocenters. The molecule has 1 aliphatic rings. The Labute approximate surface area is 117 Å². The minimum absolute atomic E-state index is 0.389. The summed E-state index contributed by atoms with van der Waals surface area (Å²) in [4.78, 5) is 4.46. The zero-order valence-corrected chi connectivity index (χ0v) is 12.8. The molecule has 1 heterocycles. The molecule has 4 nitrogen and oxygen atoms in total. The summed E-state index contributed by atoms with van der Waals surface area (Å²) in [6.07, 6.45) is 6.68. The molecule has 0 radical (unpaired) electrons. The highest BCUT2D eigenvalue weighted by atomic mass is 15.3. The fourth-order valence-corrected chi connectivity index (χ4v) is 2.77. The van der Waals surface area contributed by atoms with E-state index in [0.29, 0.717) is 12.1 Å². The van der Waals surface area contributed by atoms with E-state index in [0.717, 1.165) is 30.6 Å². The van der Waals surface area contributed by atoms with Crippen molar-refractivity contribution in [2.24, 2.45) is 11.8 Å². The summed E-state index contributed by atoms with van der Waals surface area (Å²) in [5.41, 5.74) is 0. The van der Waals surface area contributed by atoms with E-state index in [1.165, 1.54) is 19.3 Å². The van der Waals surface area contributed by atoms with Crippen LogP contribution in [0.2, 0.25) is 0 Å². The van der Waals surface area contributed by atoms with Gasteiger partial charge in [0.2, 0.25) is 0 Å². The predicted molar refractivity (Wildman–Crippen MR) is 78.1 cm³/mol. The summed E-state index contributed by atoms with van der Waals surface area (Å²) < 4.78 is 2.06. The summed E-state index contributed by atoms with van der Waals surface area (Å²) in [5.74, 6) is 2.78. The van der Waals surface area contributed by atoms with Crippen molar-refractivity contribution in [2.45, 2.75) is 65.5 Å². The Hall–Kier alpha value is -0.900. The lowest BCUT2D eigenvalue weighted by Gasteiger charge is -2.25. The fraction of sp³-hybridized carbons (Fsp3) is 0.867. The SMILES string of the molecule is CCCNC(Cc1ncnn1C(C)C)C(C)C1CC1. The molecule has 0 aromatic carbocycles. The van der Waals surface area contributed by atoms with Crippen molar-refractivity contribution >= 4 is 0 Å². The second-order valence-corrected chi connectivity index (χ2v) is 6.18. The van der Waals surface area contributed by atoms with Gasteiger partial charge in [0.05, 0.1) is 0 Å². The number of nitrogens with zero attached hydrogens (tertiary/aromatic N) is 3. The van der Waals surface area contributed by atoms with Crippen LogP contribution < -0.4 is 5.32 Å². The van der Waals surface area contributed by atoms with Crippen LogP contribution in [0.15, 0.2) is 6.33 Å². The quantitative estimate of drug-likeness (QED) is 0.785. The molecule has 2 rings (SSSR count). The number of hydrogen-bond acceptors (Lipinski definition) is 3. The van der Waals surface area contributed by atoms with E-state index in [4.69, 9.17) is 0 Å². The van der Waals surface area contributed by atoms with Gasteiger partial charge in [0, 0.05) is 18.5 Å². The van der Waals surface area contributed by atoms with E-state index in [2.05, 4.69) is 47.8 Å². The van der Waals surface area contributed by atoms with Gasteiger partial charge in [-0.05, 0) is 51.5 Å². The van der Waals surface area contributed by atoms with E-state index in [-0.39, 0.29) is 0 Å². The standard InChI is InChI=1S/C15H28N4/c1-5-8-16-14(12(4)13-6-7-13)9-15-17-10-18-19(15)11(2)3/h10-14,16H,5-9H2,1-4H3. The Kier molecular flexibility index (Phi) is 4.97. The van der Waals surface area contributed by atoms with Crippen molar-refractivity contribution in [1.29, 1.82) is 0 Å². The van der Waals surface area contributed by atoms with Gasteiger partial charge in [-0.25, -0.2) is 9.67 Å². The van der Waals surface area contributed by atoms with Crippen molar-refractivity contribution in [3.63, 3.8) is 0 Å². The molecule has 4 heteroatoms. The summed E-state index contributed by atoms with van der Waals surface area (Å²) in [6, 6.07) is 0.926. The first kappa shape index (κ1) is 14.5. The fourth-order valence-electron chi connectivity index (χ4n) is 2.77. The van der Waals surface area contributed by atoms with Crippen LogP contribution in [0.25, 0.3) is 0 Å². The van der Waals surface area contributed by atoms with E-state index >= 15 is 0 Å². The number of rotatable bonds is 8. The first-order valence-electron chi connectivity index (χ1n) is 7.75. The lowest BCUT2D eigenvalue weighted by molar-refractivity contribution is 0.328. The van der Waals surface area contributed by atoms with Gasteiger partial charge in [-0.1, -0.05) is 13.8 Å². The second kappa shape index (κ2) is 6.51. The molecular weight excluding hydrogens is 236 g/mol. The van der Waals surface area contributed by atoms with Gasteiger partial charge in [-0.2, -0.15) is 5.10 Å². The third-order valence-electron chi connectivity index (χ3n) is 4.20. The molecule has 1 aromatic rings. The van der Waals surface area contributed by atoms with E-state index in [9.17, 15) is 0 Å². The van der Waals surface area contributed by atoms with E-state index in [1.54, 1.807) is 6.33 Å². The van der Waals surface area contributed by atoms with Crippen LogP contribution in [-0.2, 0) is 6.42 Å². The molecule has 1 aromatic heterocycles. The van der Waals surface area contributed by atoms with Crippen LogP contribution >= 0.6 is 0 Å². The molecule has 1 saturated carbocycles. The molecule has 1 aliphatic carbocycles. The second-order valence-electron chi connectivity index (χ2n) is 6.18. The van der Waals surface area contributed by atoms with Gasteiger partial charge in [0.25, 0.3) is 0 Å². The molecule has 19 heavy (non-hydrogen) atoms. The highest BCUT2D eigenvalue weighted by Gasteiger charge is 2.33. The number of nitrogens with one attached hydrogen (secondary N) is 1. The molecule has 1 N–H and O–H groups in total. The Morgan fingerprint density at radius 1 is 1.37 bits per heavy atom. The summed E-state index contributed by atoms with van der Waals surface area (Å²) in [5, 5.41) is 8.06. The average molecular weight is 264 g/mol. The molecule has 0 spiro atoms. The van der Waals surface area contributed by atoms with Gasteiger partial charge in [-0.3, -0.25) is 0 Å². The van der Waals surface area contributed by atoms with Crippen LogP contribution in [0.4, 0.5) is 0 Å². The predicted octanol–water partition coefficient (Wildman–Crippen LogP) is 2.82. The minimum atomic E-state index is 0.389. The molecule has 0 saturated heterocycles. The number of aromatic nitrogens is 3. The van der Waals surface area contributed by atoms with Gasteiger partial charge in [0.15, 0.2) is 0 Å². The molecule has 0 bridgehead atoms. The lowest BCUT2D eigenvalue weighted by atomic mass is 9.93. The maximum Gasteiger partial charge on any atom is 0.138 e. The summed E-state index contributed by atoms with van der Waals surface area (Å²) in [6.45, 7) is 10.0. The van der Waals surface area contributed by atoms with Crippen molar-refractivity contribution in [3.05, 3.63) is 12.2 Å². The van der Waals surface area contributed by atoms with Crippen molar-refractivity contribution in [1.82, 2.24) is 20.1 Å². The first-order chi connectivity index (χ1) is 9.13. The average Bonchev–Trinajstić information content (AvgIpc) is 3.12. The summed E-state index contributed by atoms with van der Waals surface area (Å²) >= 11 is 0. The van der Waals surface area contributed by atoms with Gasteiger partial charge in [-0.15, -0.1) is 0 Å². The van der Waals surface area contributed by atoms with Crippen LogP contribution in [-0.4, -0.2) is 27.4 Å². The van der Waals surface area contributed by atoms with Crippen LogP contribution in [0.1, 0.15) is 58.8 Å². The maximum absolute atomic E-state index is 4.46. The van der Waals surface area contributed by atoms with Crippen LogP contribution in [0.5, 0.6) is 0 Å². The first-order valence-corrected chi connectivity index (χ1v) is 7.75. The molecule has 0 aliphatic heterocycles. The van der Waals surface area contributed by atoms with Gasteiger partial charge in [0.1, 0.15) is 12.2 Å². The topological polar surface area (TPSA) is 42.7 Å². The monoisotopic (exact) mass is 264 g/mol. The third kappa shape index (κ3) is 3.78. The van der Waals surface area contributed by atoms with Crippen LogP contribution in [0.3, 0.4) is 0 Å². The smallest absolute Gasteiger partial charge is 0.138 e. The highest BCUT2D eigenvalue weighted by molar-refractivity contribution is 4.96. The maximum atomic E-state index is 4.46. The zero-order chi connectivity index (χ0) is 13.8. The Morgan fingerprint density at radius 3 is 2.68 bits per heavy atom. The lowest BCUT2D eigenvalue weighted by Crippen LogP contribution is -2.39. The highest BCUT2D eigenvalue weighted by Crippen LogP contribution is 2.38. The Balaban J connectivity index is 2.03. The largest absolute Gasteiger partial charge is 0.313 e. The molecular formula is C15H28N4. The van der Waals surface area contributed by atoms with Gasteiger partial charge >= 0.3 is 0 Å². The normalized spacial score (nSPS) is 18.8. The minimum Gasteiger partial charge on any atom is -0.313 e. The Morgan fingerprint density at radius 2 is 2.11 bits per heavy atom. The molecule has 1 fully saturated rings. The summed E-state index contributed by atoms with van der Waals surface area (Å²) in [7, 11) is 0. The van der Waals surface area contributed by atoms with E-state index in [1.807, 2.05) is 0 Å². The van der Waals surface area contributed by atoms with Gasteiger partial charge < -0.3 is 5.32 Å². The zero-order valence-electron chi connectivity index (χ0n) is 12.8. The van der Waals surface area contributed by atoms with Crippen molar-refractivity contribution in [3.8, 4) is 0 Å². The molecule has 108 valence electrons. The van der Waals surface area contributed by atoms with Crippen molar-refractivity contribution < 1.29 is 0 Å². The van der Waals surface area contributed by atoms with Crippen LogP contribution in [0, 0.1) is 11.8 Å². The number of hydrogen-bond donors (Lipinski definition) is 1. The molecule has 0 amide bonds. The third-order valence-corrected chi connectivity index (χ3v) is 4.20. The molecule has 2 unspecified atom stereocenters.